The van der Waals surface area contributed by atoms with Gasteiger partial charge in [0.05, 0.1) is 30.4 Å². The number of halogens is 1. The van der Waals surface area contributed by atoms with Gasteiger partial charge in [0, 0.05) is 11.5 Å². The molecule has 2 aromatic carbocycles. The smallest absolute Gasteiger partial charge is 0.272 e. The van der Waals surface area contributed by atoms with Crippen LogP contribution in [0.1, 0.15) is 10.5 Å². The number of hydrogen-bond acceptors (Lipinski definition) is 3. The second kappa shape index (κ2) is 6.22. The van der Waals surface area contributed by atoms with Gasteiger partial charge in [0.1, 0.15) is 17.2 Å². The third kappa shape index (κ3) is 2.96. The lowest BCUT2D eigenvalue weighted by Crippen LogP contribution is -2.13. The van der Waals surface area contributed by atoms with Gasteiger partial charge in [-0.05, 0) is 24.3 Å². The van der Waals surface area contributed by atoms with E-state index in [0.29, 0.717) is 27.9 Å². The van der Waals surface area contributed by atoms with Crippen molar-refractivity contribution < 1.29 is 14.3 Å². The molecule has 0 fully saturated rings. The third-order valence-electron chi connectivity index (χ3n) is 3.50. The molecule has 23 heavy (non-hydrogen) atoms. The van der Waals surface area contributed by atoms with Crippen LogP contribution in [0.3, 0.4) is 0 Å². The Balaban J connectivity index is 1.93. The Hall–Kier alpha value is -2.66. The van der Waals surface area contributed by atoms with Crippen molar-refractivity contribution in [2.75, 3.05) is 19.5 Å². The van der Waals surface area contributed by atoms with Gasteiger partial charge in [-0.3, -0.25) is 4.79 Å². The average Bonchev–Trinajstić information content (AvgIpc) is 3.00. The van der Waals surface area contributed by atoms with Crippen LogP contribution < -0.4 is 14.8 Å². The molecule has 1 heterocycles. The maximum atomic E-state index is 12.5. The van der Waals surface area contributed by atoms with Crippen molar-refractivity contribution in [2.45, 2.75) is 0 Å². The Morgan fingerprint density at radius 1 is 1.13 bits per heavy atom. The molecule has 118 valence electrons. The van der Waals surface area contributed by atoms with E-state index in [4.69, 9.17) is 21.1 Å². The molecule has 6 heteroatoms. The van der Waals surface area contributed by atoms with Crippen molar-refractivity contribution >= 4 is 34.1 Å². The summed E-state index contributed by atoms with van der Waals surface area (Å²) in [6, 6.07) is 12.4. The topological polar surface area (TPSA) is 63.4 Å². The molecule has 0 atom stereocenters. The van der Waals surface area contributed by atoms with Crippen LogP contribution in [0.25, 0.3) is 10.9 Å². The summed E-state index contributed by atoms with van der Waals surface area (Å²) in [6.45, 7) is 0. The standard InChI is InChI=1S/C17H15ClN2O3/c1-22-11-6-7-15(23-2)13(9-11)20-17(21)14-8-10-4-3-5-12(18)16(10)19-14/h3-9,19H,1-2H3,(H,20,21). The number of para-hydroxylation sites is 1. The SMILES string of the molecule is COc1ccc(OC)c(NC(=O)c2cc3cccc(Cl)c3[nH]2)c1. The highest BCUT2D eigenvalue weighted by atomic mass is 35.5. The second-order valence-corrected chi connectivity index (χ2v) is 5.31. The molecule has 1 amide bonds. The number of ether oxygens (including phenoxy) is 2. The highest BCUT2D eigenvalue weighted by Gasteiger charge is 2.14. The minimum absolute atomic E-state index is 0.288. The molecule has 0 saturated carbocycles. The summed E-state index contributed by atoms with van der Waals surface area (Å²) in [6.07, 6.45) is 0. The Morgan fingerprint density at radius 3 is 2.65 bits per heavy atom. The van der Waals surface area contributed by atoms with E-state index in [9.17, 15) is 4.79 Å². The fourth-order valence-electron chi connectivity index (χ4n) is 2.34. The van der Waals surface area contributed by atoms with Crippen LogP contribution in [0.5, 0.6) is 11.5 Å². The summed E-state index contributed by atoms with van der Waals surface area (Å²) in [5.41, 5.74) is 1.68. The fraction of sp³-hybridized carbons (Fsp3) is 0.118. The molecule has 2 N–H and O–H groups in total. The van der Waals surface area contributed by atoms with E-state index in [-0.39, 0.29) is 5.91 Å². The summed E-state index contributed by atoms with van der Waals surface area (Å²) >= 11 is 6.12. The van der Waals surface area contributed by atoms with Crippen molar-refractivity contribution in [3.63, 3.8) is 0 Å². The third-order valence-corrected chi connectivity index (χ3v) is 3.82. The maximum Gasteiger partial charge on any atom is 0.272 e. The first-order valence-electron chi connectivity index (χ1n) is 6.93. The van der Waals surface area contributed by atoms with E-state index in [2.05, 4.69) is 10.3 Å². The molecule has 0 radical (unpaired) electrons. The number of fused-ring (bicyclic) bond motifs is 1. The van der Waals surface area contributed by atoms with Crippen molar-refractivity contribution in [3.05, 3.63) is 53.2 Å². The molecule has 3 aromatic rings. The zero-order chi connectivity index (χ0) is 16.4. The second-order valence-electron chi connectivity index (χ2n) is 4.91. The van der Waals surface area contributed by atoms with Gasteiger partial charge in [-0.15, -0.1) is 0 Å². The van der Waals surface area contributed by atoms with E-state index in [1.54, 1.807) is 44.6 Å². The maximum absolute atomic E-state index is 12.5. The van der Waals surface area contributed by atoms with Crippen LogP contribution in [0, 0.1) is 0 Å². The van der Waals surface area contributed by atoms with Gasteiger partial charge in [0.15, 0.2) is 0 Å². The fourth-order valence-corrected chi connectivity index (χ4v) is 2.57. The Labute approximate surface area is 138 Å². The van der Waals surface area contributed by atoms with E-state index < -0.39 is 0 Å². The number of aromatic amines is 1. The van der Waals surface area contributed by atoms with Gasteiger partial charge < -0.3 is 19.8 Å². The minimum Gasteiger partial charge on any atom is -0.497 e. The van der Waals surface area contributed by atoms with Gasteiger partial charge >= 0.3 is 0 Å². The number of rotatable bonds is 4. The lowest BCUT2D eigenvalue weighted by atomic mass is 10.2. The summed E-state index contributed by atoms with van der Waals surface area (Å²) in [5.74, 6) is 0.887. The van der Waals surface area contributed by atoms with E-state index in [1.807, 2.05) is 12.1 Å². The van der Waals surface area contributed by atoms with Gasteiger partial charge in [-0.1, -0.05) is 23.7 Å². The molecule has 0 saturated heterocycles. The van der Waals surface area contributed by atoms with Crippen molar-refractivity contribution in [1.82, 2.24) is 4.98 Å². The summed E-state index contributed by atoms with van der Waals surface area (Å²) in [7, 11) is 3.10. The first kappa shape index (κ1) is 15.2. The Kier molecular flexibility index (Phi) is 4.12. The van der Waals surface area contributed by atoms with Crippen LogP contribution in [-0.2, 0) is 0 Å². The number of aromatic nitrogens is 1. The number of benzene rings is 2. The summed E-state index contributed by atoms with van der Waals surface area (Å²) in [5, 5.41) is 4.26. The molecule has 5 nitrogen and oxygen atoms in total. The highest BCUT2D eigenvalue weighted by Crippen LogP contribution is 2.30. The largest absolute Gasteiger partial charge is 0.497 e. The monoisotopic (exact) mass is 330 g/mol. The minimum atomic E-state index is -0.288. The van der Waals surface area contributed by atoms with Gasteiger partial charge in [0.25, 0.3) is 5.91 Å². The lowest BCUT2D eigenvalue weighted by molar-refractivity contribution is 0.102. The lowest BCUT2D eigenvalue weighted by Gasteiger charge is -2.11. The number of nitrogens with one attached hydrogen (secondary N) is 2. The predicted molar refractivity (Wildman–Crippen MR) is 90.8 cm³/mol. The van der Waals surface area contributed by atoms with Gasteiger partial charge in [-0.25, -0.2) is 0 Å². The van der Waals surface area contributed by atoms with Crippen LogP contribution >= 0.6 is 11.6 Å². The number of hydrogen-bond donors (Lipinski definition) is 2. The molecule has 0 aliphatic rings. The molecular formula is C17H15ClN2O3. The molecular weight excluding hydrogens is 316 g/mol. The van der Waals surface area contributed by atoms with Crippen molar-refractivity contribution in [2.24, 2.45) is 0 Å². The predicted octanol–water partition coefficient (Wildman–Crippen LogP) is 4.09. The highest BCUT2D eigenvalue weighted by molar-refractivity contribution is 6.35. The van der Waals surface area contributed by atoms with E-state index >= 15 is 0 Å². The Morgan fingerprint density at radius 2 is 1.96 bits per heavy atom. The average molecular weight is 331 g/mol. The molecule has 1 aromatic heterocycles. The van der Waals surface area contributed by atoms with Crippen LogP contribution in [-0.4, -0.2) is 25.1 Å². The zero-order valence-corrected chi connectivity index (χ0v) is 13.4. The number of carbonyl (C=O) groups is 1. The first-order chi connectivity index (χ1) is 11.1. The summed E-state index contributed by atoms with van der Waals surface area (Å²) < 4.78 is 10.4. The van der Waals surface area contributed by atoms with E-state index in [1.165, 1.54) is 0 Å². The number of amides is 1. The molecule has 0 spiro atoms. The number of H-pyrrole nitrogens is 1. The van der Waals surface area contributed by atoms with Crippen LogP contribution in [0.4, 0.5) is 5.69 Å². The molecule has 3 rings (SSSR count). The van der Waals surface area contributed by atoms with E-state index in [0.717, 1.165) is 10.9 Å². The van der Waals surface area contributed by atoms with Crippen molar-refractivity contribution in [1.29, 1.82) is 0 Å². The number of carbonyl (C=O) groups excluding carboxylic acids is 1. The van der Waals surface area contributed by atoms with Crippen LogP contribution in [0.2, 0.25) is 5.02 Å². The number of methoxy groups -OCH3 is 2. The van der Waals surface area contributed by atoms with Crippen molar-refractivity contribution in [3.8, 4) is 11.5 Å². The quantitative estimate of drug-likeness (QED) is 0.757. The Bertz CT molecular complexity index is 873. The molecule has 0 unspecified atom stereocenters. The van der Waals surface area contributed by atoms with Gasteiger partial charge in [0.2, 0.25) is 0 Å². The molecule has 0 bridgehead atoms. The molecule has 0 aliphatic carbocycles. The number of anilines is 1. The zero-order valence-electron chi connectivity index (χ0n) is 12.6. The van der Waals surface area contributed by atoms with Gasteiger partial charge in [-0.2, -0.15) is 0 Å². The normalized spacial score (nSPS) is 10.6. The summed E-state index contributed by atoms with van der Waals surface area (Å²) in [4.78, 5) is 15.5. The first-order valence-corrected chi connectivity index (χ1v) is 7.31. The molecule has 0 aliphatic heterocycles. The van der Waals surface area contributed by atoms with Crippen LogP contribution in [0.15, 0.2) is 42.5 Å².